The summed E-state index contributed by atoms with van der Waals surface area (Å²) in [6.07, 6.45) is -0.367. The van der Waals surface area contributed by atoms with E-state index in [1.165, 1.54) is 11.0 Å². The summed E-state index contributed by atoms with van der Waals surface area (Å²) in [5, 5.41) is 10.7. The summed E-state index contributed by atoms with van der Waals surface area (Å²) in [5.74, 6) is -1.20. The van der Waals surface area contributed by atoms with Crippen molar-refractivity contribution in [3.05, 3.63) is 63.6 Å². The summed E-state index contributed by atoms with van der Waals surface area (Å²) in [5.41, 5.74) is 1.01. The first kappa shape index (κ1) is 18.5. The molecule has 2 atom stereocenters. The van der Waals surface area contributed by atoms with E-state index in [1.807, 2.05) is 6.92 Å². The lowest BCUT2D eigenvalue weighted by Crippen LogP contribution is -2.43. The molecule has 1 heterocycles. The lowest BCUT2D eigenvalue weighted by Gasteiger charge is -2.29. The van der Waals surface area contributed by atoms with Gasteiger partial charge in [0.25, 0.3) is 5.91 Å². The zero-order chi connectivity index (χ0) is 18.8. The van der Waals surface area contributed by atoms with E-state index in [2.05, 4.69) is 0 Å². The summed E-state index contributed by atoms with van der Waals surface area (Å²) in [6, 6.07) is 10.6. The van der Waals surface area contributed by atoms with Crippen LogP contribution < -0.4 is 4.74 Å². The van der Waals surface area contributed by atoms with Crippen molar-refractivity contribution < 1.29 is 19.4 Å². The van der Waals surface area contributed by atoms with Crippen LogP contribution in [0.1, 0.15) is 30.5 Å². The Labute approximate surface area is 161 Å². The van der Waals surface area contributed by atoms with Gasteiger partial charge in [0.1, 0.15) is 5.75 Å². The zero-order valence-corrected chi connectivity index (χ0v) is 15.5. The molecule has 1 aliphatic rings. The van der Waals surface area contributed by atoms with Crippen molar-refractivity contribution in [3.63, 3.8) is 0 Å². The first-order valence-corrected chi connectivity index (χ1v) is 8.90. The van der Waals surface area contributed by atoms with Crippen LogP contribution in [-0.2, 0) is 16.1 Å². The molecule has 0 fully saturated rings. The summed E-state index contributed by atoms with van der Waals surface area (Å²) in [6.45, 7) is 1.87. The molecule has 0 spiro atoms. The number of carboxylic acid groups (broad SMARTS) is 1. The third-order valence-corrected chi connectivity index (χ3v) is 4.91. The fourth-order valence-corrected chi connectivity index (χ4v) is 3.40. The first-order valence-electron chi connectivity index (χ1n) is 8.15. The molecular weight excluding hydrogens is 377 g/mol. The molecule has 1 N–H and O–H groups in total. The molecule has 2 aromatic carbocycles. The fourth-order valence-electron chi connectivity index (χ4n) is 3.03. The molecule has 1 aliphatic heterocycles. The Morgan fingerprint density at radius 1 is 1.23 bits per heavy atom. The maximum atomic E-state index is 13.0. The third-order valence-electron chi connectivity index (χ3n) is 4.31. The van der Waals surface area contributed by atoms with Gasteiger partial charge in [-0.1, -0.05) is 48.3 Å². The van der Waals surface area contributed by atoms with Crippen molar-refractivity contribution in [2.45, 2.75) is 32.0 Å². The molecule has 1 amide bonds. The zero-order valence-electron chi connectivity index (χ0n) is 14.0. The van der Waals surface area contributed by atoms with Crippen molar-refractivity contribution in [2.75, 3.05) is 0 Å². The van der Waals surface area contributed by atoms with Crippen molar-refractivity contribution in [2.24, 2.45) is 0 Å². The van der Waals surface area contributed by atoms with Gasteiger partial charge in [-0.15, -0.1) is 0 Å². The molecule has 0 radical (unpaired) electrons. The predicted molar refractivity (Wildman–Crippen MR) is 98.5 cm³/mol. The SMILES string of the molecule is CCC1Oc2ccc(Cl)cc2C(C(=O)O)N(Cc2ccccc2Cl)C1=O. The van der Waals surface area contributed by atoms with Gasteiger partial charge in [-0.25, -0.2) is 4.79 Å². The average molecular weight is 394 g/mol. The fraction of sp³-hybridized carbons (Fsp3) is 0.263. The summed E-state index contributed by atoms with van der Waals surface area (Å²) in [7, 11) is 0. The molecule has 0 saturated carbocycles. The largest absolute Gasteiger partial charge is 0.480 e. The highest BCUT2D eigenvalue weighted by molar-refractivity contribution is 6.31. The molecule has 0 aliphatic carbocycles. The van der Waals surface area contributed by atoms with E-state index in [1.54, 1.807) is 36.4 Å². The highest BCUT2D eigenvalue weighted by Crippen LogP contribution is 2.38. The number of amides is 1. The number of hydrogen-bond acceptors (Lipinski definition) is 3. The van der Waals surface area contributed by atoms with E-state index in [-0.39, 0.29) is 6.54 Å². The maximum absolute atomic E-state index is 13.0. The number of rotatable bonds is 4. The number of carboxylic acids is 1. The van der Waals surface area contributed by atoms with Crippen LogP contribution >= 0.6 is 23.2 Å². The first-order chi connectivity index (χ1) is 12.4. The van der Waals surface area contributed by atoms with Crippen molar-refractivity contribution in [1.82, 2.24) is 4.90 Å². The minimum atomic E-state index is -1.22. The number of benzene rings is 2. The Bertz CT molecular complexity index is 855. The maximum Gasteiger partial charge on any atom is 0.331 e. The van der Waals surface area contributed by atoms with Crippen molar-refractivity contribution in [3.8, 4) is 5.75 Å². The number of aliphatic carboxylic acids is 1. The number of fused-ring (bicyclic) bond motifs is 1. The molecule has 7 heteroatoms. The molecule has 0 saturated heterocycles. The summed E-state index contributed by atoms with van der Waals surface area (Å²) >= 11 is 12.3. The molecule has 0 bridgehead atoms. The molecular formula is C19H17Cl2NO4. The topological polar surface area (TPSA) is 66.8 Å². The van der Waals surface area contributed by atoms with Crippen molar-refractivity contribution >= 4 is 35.1 Å². The quantitative estimate of drug-likeness (QED) is 0.839. The van der Waals surface area contributed by atoms with Crippen LogP contribution in [0.5, 0.6) is 5.75 Å². The van der Waals surface area contributed by atoms with Crippen LogP contribution in [0, 0.1) is 0 Å². The molecule has 3 rings (SSSR count). The van der Waals surface area contributed by atoms with E-state index in [0.717, 1.165) is 0 Å². The normalized spacial score (nSPS) is 19.5. The highest BCUT2D eigenvalue weighted by Gasteiger charge is 2.40. The van der Waals surface area contributed by atoms with Gasteiger partial charge in [0, 0.05) is 22.2 Å². The third kappa shape index (κ3) is 3.50. The van der Waals surface area contributed by atoms with Crippen LogP contribution in [0.2, 0.25) is 10.0 Å². The molecule has 2 unspecified atom stereocenters. The van der Waals surface area contributed by atoms with Gasteiger partial charge in [-0.05, 0) is 36.2 Å². The molecule has 0 aromatic heterocycles. The van der Waals surface area contributed by atoms with Crippen LogP contribution in [-0.4, -0.2) is 28.0 Å². The lowest BCUT2D eigenvalue weighted by molar-refractivity contribution is -0.153. The molecule has 2 aromatic rings. The minimum absolute atomic E-state index is 0.0568. The second kappa shape index (κ2) is 7.56. The van der Waals surface area contributed by atoms with Crippen LogP contribution in [0.25, 0.3) is 0 Å². The number of carbonyl (C=O) groups excluding carboxylic acids is 1. The van der Waals surface area contributed by atoms with E-state index in [4.69, 9.17) is 27.9 Å². The smallest absolute Gasteiger partial charge is 0.331 e. The number of halogens is 2. The van der Waals surface area contributed by atoms with Gasteiger partial charge in [0.05, 0.1) is 0 Å². The molecule has 136 valence electrons. The Hall–Kier alpha value is -2.24. The monoisotopic (exact) mass is 393 g/mol. The number of hydrogen-bond donors (Lipinski definition) is 1. The lowest BCUT2D eigenvalue weighted by atomic mass is 10.0. The number of ether oxygens (including phenoxy) is 1. The van der Waals surface area contributed by atoms with E-state index in [0.29, 0.717) is 33.3 Å². The Morgan fingerprint density at radius 2 is 1.96 bits per heavy atom. The Kier molecular flexibility index (Phi) is 5.39. The van der Waals surface area contributed by atoms with E-state index >= 15 is 0 Å². The Morgan fingerprint density at radius 3 is 2.62 bits per heavy atom. The van der Waals surface area contributed by atoms with Crippen LogP contribution in [0.15, 0.2) is 42.5 Å². The van der Waals surface area contributed by atoms with E-state index < -0.39 is 24.0 Å². The molecule has 5 nitrogen and oxygen atoms in total. The van der Waals surface area contributed by atoms with E-state index in [9.17, 15) is 14.7 Å². The van der Waals surface area contributed by atoms with Crippen LogP contribution in [0.4, 0.5) is 0 Å². The van der Waals surface area contributed by atoms with Gasteiger partial charge in [-0.2, -0.15) is 0 Å². The van der Waals surface area contributed by atoms with Gasteiger partial charge < -0.3 is 14.7 Å². The van der Waals surface area contributed by atoms with Gasteiger partial charge in [0.2, 0.25) is 0 Å². The summed E-state index contributed by atoms with van der Waals surface area (Å²) < 4.78 is 5.81. The highest BCUT2D eigenvalue weighted by atomic mass is 35.5. The number of nitrogens with zero attached hydrogens (tertiary/aromatic N) is 1. The standard InChI is InChI=1S/C19H17Cl2NO4/c1-2-15-18(23)22(10-11-5-3-4-6-14(11)21)17(19(24)25)13-9-12(20)7-8-16(13)26-15/h3-9,15,17H,2,10H2,1H3,(H,24,25). The Balaban J connectivity index is 2.13. The van der Waals surface area contributed by atoms with Gasteiger partial charge in [0.15, 0.2) is 12.1 Å². The predicted octanol–water partition coefficient (Wildman–Crippen LogP) is 4.32. The van der Waals surface area contributed by atoms with Crippen molar-refractivity contribution in [1.29, 1.82) is 0 Å². The second-order valence-corrected chi connectivity index (χ2v) is 6.84. The van der Waals surface area contributed by atoms with Gasteiger partial charge in [-0.3, -0.25) is 4.79 Å². The number of carbonyl (C=O) groups is 2. The second-order valence-electron chi connectivity index (χ2n) is 6.00. The van der Waals surface area contributed by atoms with Gasteiger partial charge >= 0.3 is 5.97 Å². The minimum Gasteiger partial charge on any atom is -0.480 e. The van der Waals surface area contributed by atoms with Crippen LogP contribution in [0.3, 0.4) is 0 Å². The summed E-state index contributed by atoms with van der Waals surface area (Å²) in [4.78, 5) is 26.4. The molecule has 26 heavy (non-hydrogen) atoms. The average Bonchev–Trinajstić information content (AvgIpc) is 2.72.